The third kappa shape index (κ3) is 5.34. The molecule has 0 unspecified atom stereocenters. The predicted molar refractivity (Wildman–Crippen MR) is 78.0 cm³/mol. The molecule has 0 radical (unpaired) electrons. The lowest BCUT2D eigenvalue weighted by Gasteiger charge is -2.26. The smallest absolute Gasteiger partial charge is 0.317 e. The van der Waals surface area contributed by atoms with Crippen molar-refractivity contribution < 1.29 is 19.0 Å². The number of halogens is 1. The molecule has 21 heavy (non-hydrogen) atoms. The molecule has 1 aromatic carbocycles. The van der Waals surface area contributed by atoms with Crippen molar-refractivity contribution in [2.45, 2.75) is 38.1 Å². The third-order valence-electron chi connectivity index (χ3n) is 3.85. The van der Waals surface area contributed by atoms with Gasteiger partial charge in [-0.2, -0.15) is 0 Å². The monoisotopic (exact) mass is 295 g/mol. The minimum absolute atomic E-state index is 0.0984. The molecular weight excluding hydrogens is 273 g/mol. The fraction of sp³-hybridized carbons (Fsp3) is 0.562. The topological polar surface area (TPSA) is 49.8 Å². The number of hydrogen-bond acceptors (Lipinski definition) is 3. The van der Waals surface area contributed by atoms with E-state index in [4.69, 9.17) is 9.84 Å². The van der Waals surface area contributed by atoms with E-state index in [1.54, 1.807) is 12.1 Å². The lowest BCUT2D eigenvalue weighted by atomic mass is 10.2. The van der Waals surface area contributed by atoms with Crippen LogP contribution in [0.5, 0.6) is 5.75 Å². The van der Waals surface area contributed by atoms with Crippen LogP contribution in [0, 0.1) is 5.82 Å². The number of nitrogens with zero attached hydrogens (tertiary/aromatic N) is 1. The first-order valence-electron chi connectivity index (χ1n) is 7.49. The Morgan fingerprint density at radius 1 is 1.29 bits per heavy atom. The first-order valence-corrected chi connectivity index (χ1v) is 7.49. The molecule has 1 aliphatic rings. The van der Waals surface area contributed by atoms with Crippen LogP contribution in [0.25, 0.3) is 0 Å². The molecule has 0 heterocycles. The van der Waals surface area contributed by atoms with E-state index in [0.717, 1.165) is 25.8 Å². The molecule has 0 spiro atoms. The molecule has 1 saturated carbocycles. The second-order valence-corrected chi connectivity index (χ2v) is 5.46. The van der Waals surface area contributed by atoms with Crippen molar-refractivity contribution in [2.75, 3.05) is 19.7 Å². The molecule has 0 aliphatic heterocycles. The minimum atomic E-state index is -0.777. The normalized spacial score (nSPS) is 15.5. The average Bonchev–Trinajstić information content (AvgIpc) is 2.98. The number of ether oxygens (including phenoxy) is 1. The fourth-order valence-electron chi connectivity index (χ4n) is 2.82. The maximum absolute atomic E-state index is 12.8. The van der Waals surface area contributed by atoms with Crippen molar-refractivity contribution in [1.29, 1.82) is 0 Å². The molecule has 0 bridgehead atoms. The molecule has 0 atom stereocenters. The van der Waals surface area contributed by atoms with E-state index in [-0.39, 0.29) is 12.4 Å². The van der Waals surface area contributed by atoms with Gasteiger partial charge in [0.1, 0.15) is 11.6 Å². The summed E-state index contributed by atoms with van der Waals surface area (Å²) in [4.78, 5) is 13.0. The van der Waals surface area contributed by atoms with Gasteiger partial charge in [0.2, 0.25) is 0 Å². The molecule has 0 amide bonds. The highest BCUT2D eigenvalue weighted by molar-refractivity contribution is 5.69. The van der Waals surface area contributed by atoms with Crippen molar-refractivity contribution in [3.05, 3.63) is 30.1 Å². The van der Waals surface area contributed by atoms with E-state index in [2.05, 4.69) is 0 Å². The summed E-state index contributed by atoms with van der Waals surface area (Å²) in [6.45, 7) is 1.33. The third-order valence-corrected chi connectivity index (χ3v) is 3.85. The molecule has 2 rings (SSSR count). The van der Waals surface area contributed by atoms with E-state index in [1.807, 2.05) is 4.90 Å². The van der Waals surface area contributed by atoms with Gasteiger partial charge >= 0.3 is 5.97 Å². The maximum Gasteiger partial charge on any atom is 0.317 e. The number of carboxylic acid groups (broad SMARTS) is 1. The van der Waals surface area contributed by atoms with Crippen LogP contribution in [0.1, 0.15) is 32.1 Å². The number of carboxylic acids is 1. The minimum Gasteiger partial charge on any atom is -0.494 e. The molecule has 5 heteroatoms. The molecule has 1 fully saturated rings. The van der Waals surface area contributed by atoms with Crippen LogP contribution in [-0.4, -0.2) is 41.7 Å². The number of benzene rings is 1. The zero-order chi connectivity index (χ0) is 15.1. The van der Waals surface area contributed by atoms with Crippen molar-refractivity contribution in [3.8, 4) is 5.75 Å². The van der Waals surface area contributed by atoms with Gasteiger partial charge in [0.05, 0.1) is 13.2 Å². The highest BCUT2D eigenvalue weighted by Crippen LogP contribution is 2.23. The van der Waals surface area contributed by atoms with Crippen LogP contribution in [0.3, 0.4) is 0 Å². The fourth-order valence-corrected chi connectivity index (χ4v) is 2.82. The molecule has 1 aliphatic carbocycles. The molecule has 1 N–H and O–H groups in total. The van der Waals surface area contributed by atoms with Crippen molar-refractivity contribution in [3.63, 3.8) is 0 Å². The Balaban J connectivity index is 1.73. The summed E-state index contributed by atoms with van der Waals surface area (Å²) < 4.78 is 18.3. The van der Waals surface area contributed by atoms with Crippen LogP contribution < -0.4 is 4.74 Å². The van der Waals surface area contributed by atoms with E-state index >= 15 is 0 Å². The highest BCUT2D eigenvalue weighted by atomic mass is 19.1. The van der Waals surface area contributed by atoms with Crippen LogP contribution in [-0.2, 0) is 4.79 Å². The SMILES string of the molecule is O=C(O)CN(CCCOc1ccc(F)cc1)C1CCCC1. The Hall–Kier alpha value is -1.62. The standard InChI is InChI=1S/C16H22FNO3/c17-13-6-8-15(9-7-13)21-11-3-10-18(12-16(19)20)14-4-1-2-5-14/h6-9,14H,1-5,10-12H2,(H,19,20). The van der Waals surface area contributed by atoms with Crippen molar-refractivity contribution in [2.24, 2.45) is 0 Å². The van der Waals surface area contributed by atoms with Crippen LogP contribution >= 0.6 is 0 Å². The Bertz CT molecular complexity index is 443. The number of hydrogen-bond donors (Lipinski definition) is 1. The van der Waals surface area contributed by atoms with Gasteiger partial charge in [-0.25, -0.2) is 4.39 Å². The number of rotatable bonds is 8. The summed E-state index contributed by atoms with van der Waals surface area (Å²) in [6, 6.07) is 6.32. The summed E-state index contributed by atoms with van der Waals surface area (Å²) in [5.41, 5.74) is 0. The average molecular weight is 295 g/mol. The Kier molecular flexibility index (Phi) is 5.99. The molecule has 4 nitrogen and oxygen atoms in total. The summed E-state index contributed by atoms with van der Waals surface area (Å²) >= 11 is 0. The van der Waals surface area contributed by atoms with E-state index in [1.165, 1.54) is 25.0 Å². The second kappa shape index (κ2) is 7.98. The van der Waals surface area contributed by atoms with Gasteiger partial charge in [-0.15, -0.1) is 0 Å². The lowest BCUT2D eigenvalue weighted by molar-refractivity contribution is -0.139. The van der Waals surface area contributed by atoms with Crippen LogP contribution in [0.15, 0.2) is 24.3 Å². The lowest BCUT2D eigenvalue weighted by Crippen LogP contribution is -2.38. The molecular formula is C16H22FNO3. The van der Waals surface area contributed by atoms with Crippen molar-refractivity contribution >= 4 is 5.97 Å². The summed E-state index contributed by atoms with van der Waals surface area (Å²) in [6.07, 6.45) is 5.32. The zero-order valence-corrected chi connectivity index (χ0v) is 12.1. The Morgan fingerprint density at radius 3 is 2.57 bits per heavy atom. The number of aliphatic carboxylic acids is 1. The van der Waals surface area contributed by atoms with Gasteiger partial charge in [0.25, 0.3) is 0 Å². The van der Waals surface area contributed by atoms with Gasteiger partial charge in [-0.05, 0) is 43.5 Å². The van der Waals surface area contributed by atoms with Gasteiger partial charge in [-0.1, -0.05) is 12.8 Å². The molecule has 0 aromatic heterocycles. The summed E-state index contributed by atoms with van der Waals surface area (Å²) in [5.74, 6) is -0.417. The highest BCUT2D eigenvalue weighted by Gasteiger charge is 2.23. The molecule has 0 saturated heterocycles. The first kappa shape index (κ1) is 15.8. The summed E-state index contributed by atoms with van der Waals surface area (Å²) in [5, 5.41) is 9.00. The van der Waals surface area contributed by atoms with E-state index < -0.39 is 5.97 Å². The van der Waals surface area contributed by atoms with Crippen molar-refractivity contribution in [1.82, 2.24) is 4.90 Å². The summed E-state index contributed by atoms with van der Waals surface area (Å²) in [7, 11) is 0. The van der Waals surface area contributed by atoms with E-state index in [9.17, 15) is 9.18 Å². The van der Waals surface area contributed by atoms with Crippen LogP contribution in [0.4, 0.5) is 4.39 Å². The number of carbonyl (C=O) groups is 1. The quantitative estimate of drug-likeness (QED) is 0.749. The predicted octanol–water partition coefficient (Wildman–Crippen LogP) is 2.92. The Morgan fingerprint density at radius 2 is 1.95 bits per heavy atom. The van der Waals surface area contributed by atoms with Gasteiger partial charge < -0.3 is 9.84 Å². The van der Waals surface area contributed by atoms with Gasteiger partial charge in [-0.3, -0.25) is 9.69 Å². The van der Waals surface area contributed by atoms with E-state index in [0.29, 0.717) is 18.4 Å². The van der Waals surface area contributed by atoms with Crippen LogP contribution in [0.2, 0.25) is 0 Å². The van der Waals surface area contributed by atoms with Gasteiger partial charge in [0.15, 0.2) is 0 Å². The maximum atomic E-state index is 12.8. The van der Waals surface area contributed by atoms with Gasteiger partial charge in [0, 0.05) is 12.6 Å². The molecule has 116 valence electrons. The second-order valence-electron chi connectivity index (χ2n) is 5.46. The zero-order valence-electron chi connectivity index (χ0n) is 12.1. The largest absolute Gasteiger partial charge is 0.494 e. The Labute approximate surface area is 124 Å². The molecule has 1 aromatic rings. The first-order chi connectivity index (χ1) is 10.1.